The van der Waals surface area contributed by atoms with E-state index in [2.05, 4.69) is 0 Å². The van der Waals surface area contributed by atoms with E-state index in [0.29, 0.717) is 19.3 Å². The summed E-state index contributed by atoms with van der Waals surface area (Å²) in [4.78, 5) is 11.9. The van der Waals surface area contributed by atoms with Gasteiger partial charge < -0.3 is 19.3 Å². The van der Waals surface area contributed by atoms with Gasteiger partial charge in [0.25, 0.3) is 0 Å². The number of likely N-dealkylation sites (tertiary alicyclic amines) is 1. The van der Waals surface area contributed by atoms with Crippen molar-refractivity contribution in [2.45, 2.75) is 29.3 Å². The average molecular weight is 327 g/mol. The smallest absolute Gasteiger partial charge is 0.407 e. The number of rotatable bonds is 6. The molecule has 1 aliphatic heterocycles. The van der Waals surface area contributed by atoms with Gasteiger partial charge in [-0.25, -0.2) is 17.4 Å². The Labute approximate surface area is 119 Å². The highest BCUT2D eigenvalue weighted by atomic mass is 32.2. The van der Waals surface area contributed by atoms with Gasteiger partial charge in [0, 0.05) is 13.1 Å². The van der Waals surface area contributed by atoms with E-state index in [-0.39, 0.29) is 19.7 Å². The molecule has 2 fully saturated rings. The van der Waals surface area contributed by atoms with Gasteiger partial charge in [-0.05, 0) is 19.3 Å². The lowest BCUT2D eigenvalue weighted by Gasteiger charge is -2.20. The monoisotopic (exact) mass is 327 g/mol. The number of ether oxygens (including phenoxy) is 1. The summed E-state index contributed by atoms with van der Waals surface area (Å²) in [5, 5.41) is 8.16. The highest BCUT2D eigenvalue weighted by Gasteiger charge is 2.58. The van der Waals surface area contributed by atoms with Gasteiger partial charge in [-0.2, -0.15) is 0 Å². The Bertz CT molecular complexity index is 514. The second-order valence-corrected chi connectivity index (χ2v) is 8.66. The molecule has 0 aromatic carbocycles. The largest absolute Gasteiger partial charge is 0.465 e. The third kappa shape index (κ3) is 2.97. The molecule has 1 saturated carbocycles. The van der Waals surface area contributed by atoms with Crippen molar-refractivity contribution in [3.8, 4) is 0 Å². The molecule has 0 bridgehead atoms. The summed E-state index contributed by atoms with van der Waals surface area (Å²) >= 11 is -2.12. The van der Waals surface area contributed by atoms with Crippen LogP contribution < -0.4 is 0 Å². The Morgan fingerprint density at radius 1 is 1.45 bits per heavy atom. The van der Waals surface area contributed by atoms with Crippen LogP contribution in [0.25, 0.3) is 0 Å². The lowest BCUT2D eigenvalue weighted by Crippen LogP contribution is -2.39. The van der Waals surface area contributed by atoms with Crippen molar-refractivity contribution in [2.24, 2.45) is 0 Å². The quantitative estimate of drug-likeness (QED) is 0.652. The summed E-state index contributed by atoms with van der Waals surface area (Å²) in [6.07, 6.45) is 0.0930. The summed E-state index contributed by atoms with van der Waals surface area (Å²) in [6.45, 7) is 0.105. The second kappa shape index (κ2) is 5.58. The molecule has 20 heavy (non-hydrogen) atoms. The van der Waals surface area contributed by atoms with E-state index in [4.69, 9.17) is 14.4 Å². The molecule has 8 nitrogen and oxygen atoms in total. The predicted octanol–water partition coefficient (Wildman–Crippen LogP) is -0.118. The molecule has 1 amide bonds. The standard InChI is InChI=1S/C10H17NO7S2/c12-9(13)11-4-1-8(5-11)20(16,17)10(2-3-10)6-18-7-19(14)15/h8H,1-7H2,(H,12,13)(H,14,15). The molecule has 1 aliphatic carbocycles. The van der Waals surface area contributed by atoms with Gasteiger partial charge in [-0.15, -0.1) is 0 Å². The Kier molecular flexibility index (Phi) is 4.38. The van der Waals surface area contributed by atoms with Crippen molar-refractivity contribution in [1.82, 2.24) is 4.90 Å². The molecule has 2 atom stereocenters. The Morgan fingerprint density at radius 2 is 2.10 bits per heavy atom. The zero-order chi connectivity index (χ0) is 15.0. The maximum atomic E-state index is 12.5. The molecule has 0 aromatic heterocycles. The molecule has 0 aromatic rings. The van der Waals surface area contributed by atoms with Crippen LogP contribution in [-0.2, 0) is 25.7 Å². The first kappa shape index (κ1) is 15.7. The highest BCUT2D eigenvalue weighted by molar-refractivity contribution is 7.93. The highest BCUT2D eigenvalue weighted by Crippen LogP contribution is 2.47. The normalized spacial score (nSPS) is 26.4. The molecule has 2 aliphatic rings. The molecular weight excluding hydrogens is 310 g/mol. The van der Waals surface area contributed by atoms with E-state index in [1.54, 1.807) is 0 Å². The van der Waals surface area contributed by atoms with Crippen molar-refractivity contribution in [3.63, 3.8) is 0 Å². The maximum Gasteiger partial charge on any atom is 0.407 e. The van der Waals surface area contributed by atoms with Crippen LogP contribution in [0.4, 0.5) is 4.79 Å². The van der Waals surface area contributed by atoms with Crippen LogP contribution in [0.3, 0.4) is 0 Å². The summed E-state index contributed by atoms with van der Waals surface area (Å²) in [6, 6.07) is 0. The van der Waals surface area contributed by atoms with Gasteiger partial charge in [0.1, 0.15) is 5.94 Å². The van der Waals surface area contributed by atoms with Crippen molar-refractivity contribution in [2.75, 3.05) is 25.6 Å². The maximum absolute atomic E-state index is 12.5. The number of carbonyl (C=O) groups is 1. The van der Waals surface area contributed by atoms with Crippen molar-refractivity contribution in [3.05, 3.63) is 0 Å². The first-order valence-corrected chi connectivity index (χ1v) is 8.97. The van der Waals surface area contributed by atoms with Crippen molar-refractivity contribution in [1.29, 1.82) is 0 Å². The topological polar surface area (TPSA) is 121 Å². The molecule has 2 rings (SSSR count). The van der Waals surface area contributed by atoms with Gasteiger partial charge >= 0.3 is 6.09 Å². The number of sulfone groups is 1. The van der Waals surface area contributed by atoms with Gasteiger partial charge in [0.15, 0.2) is 20.9 Å². The lowest BCUT2D eigenvalue weighted by molar-refractivity contribution is 0.155. The number of hydrogen-bond acceptors (Lipinski definition) is 5. The number of nitrogens with zero attached hydrogens (tertiary/aromatic N) is 1. The molecule has 2 unspecified atom stereocenters. The zero-order valence-electron chi connectivity index (χ0n) is 10.7. The fourth-order valence-electron chi connectivity index (χ4n) is 2.46. The van der Waals surface area contributed by atoms with E-state index in [9.17, 15) is 17.4 Å². The molecule has 116 valence electrons. The van der Waals surface area contributed by atoms with Crippen molar-refractivity contribution < 1.29 is 31.8 Å². The Hall–Kier alpha value is -0.710. The van der Waals surface area contributed by atoms with Crippen LogP contribution in [-0.4, -0.2) is 68.9 Å². The van der Waals surface area contributed by atoms with Crippen LogP contribution >= 0.6 is 0 Å². The van der Waals surface area contributed by atoms with E-state index < -0.39 is 42.9 Å². The molecular formula is C10H17NO7S2. The molecule has 2 N–H and O–H groups in total. The van der Waals surface area contributed by atoms with Crippen LogP contribution in [0.15, 0.2) is 0 Å². The summed E-state index contributed by atoms with van der Waals surface area (Å²) in [7, 11) is -3.50. The first-order chi connectivity index (χ1) is 9.28. The fraction of sp³-hybridized carbons (Fsp3) is 0.900. The fourth-order valence-corrected chi connectivity index (χ4v) is 5.10. The second-order valence-electron chi connectivity index (χ2n) is 5.16. The average Bonchev–Trinajstić information content (AvgIpc) is 2.97. The molecule has 1 heterocycles. The minimum atomic E-state index is -3.50. The number of amides is 1. The van der Waals surface area contributed by atoms with Crippen molar-refractivity contribution >= 4 is 27.0 Å². The van der Waals surface area contributed by atoms with Gasteiger partial charge in [0.2, 0.25) is 0 Å². The van der Waals surface area contributed by atoms with Gasteiger partial charge in [-0.3, -0.25) is 0 Å². The van der Waals surface area contributed by atoms with Crippen LogP contribution in [0, 0.1) is 0 Å². The summed E-state index contributed by atoms with van der Waals surface area (Å²) in [5.41, 5.74) is 0. The van der Waals surface area contributed by atoms with Gasteiger partial charge in [0.05, 0.1) is 16.6 Å². The Balaban J connectivity index is 2.00. The van der Waals surface area contributed by atoms with E-state index in [1.807, 2.05) is 0 Å². The van der Waals surface area contributed by atoms with Crippen LogP contribution in [0.2, 0.25) is 0 Å². The molecule has 1 saturated heterocycles. The third-order valence-corrected chi connectivity index (χ3v) is 7.18. The van der Waals surface area contributed by atoms with Crippen LogP contribution in [0.1, 0.15) is 19.3 Å². The lowest BCUT2D eigenvalue weighted by atomic mass is 10.4. The molecule has 0 spiro atoms. The summed E-state index contributed by atoms with van der Waals surface area (Å²) in [5.74, 6) is -0.414. The molecule has 10 heteroatoms. The minimum Gasteiger partial charge on any atom is -0.465 e. The summed E-state index contributed by atoms with van der Waals surface area (Å²) < 4.78 is 48.1. The van der Waals surface area contributed by atoms with Gasteiger partial charge in [-0.1, -0.05) is 0 Å². The van der Waals surface area contributed by atoms with E-state index in [0.717, 1.165) is 4.90 Å². The number of hydrogen-bond donors (Lipinski definition) is 2. The zero-order valence-corrected chi connectivity index (χ0v) is 12.4. The SMILES string of the molecule is O=C(O)N1CCC(S(=O)(=O)C2(COCS(=O)O)CC2)C1. The minimum absolute atomic E-state index is 0.00858. The molecule has 0 radical (unpaired) electrons. The van der Waals surface area contributed by atoms with E-state index in [1.165, 1.54) is 0 Å². The Morgan fingerprint density at radius 3 is 2.55 bits per heavy atom. The third-order valence-electron chi connectivity index (χ3n) is 3.81. The number of carboxylic acid groups (broad SMARTS) is 1. The first-order valence-electron chi connectivity index (χ1n) is 6.15. The van der Waals surface area contributed by atoms with E-state index >= 15 is 0 Å². The van der Waals surface area contributed by atoms with Crippen LogP contribution in [0.5, 0.6) is 0 Å². The predicted molar refractivity (Wildman–Crippen MR) is 70.5 cm³/mol.